The fraction of sp³-hybridized carbons (Fsp3) is 0.231. The first-order valence-corrected chi connectivity index (χ1v) is 8.55. The van der Waals surface area contributed by atoms with Gasteiger partial charge in [0.2, 0.25) is 0 Å². The van der Waals surface area contributed by atoms with Crippen molar-refractivity contribution in [2.45, 2.75) is 18.7 Å². The number of nitrogens with zero attached hydrogens (tertiary/aromatic N) is 2. The van der Waals surface area contributed by atoms with Gasteiger partial charge in [0.25, 0.3) is 10.0 Å². The summed E-state index contributed by atoms with van der Waals surface area (Å²) < 4.78 is 28.2. The zero-order valence-corrected chi connectivity index (χ0v) is 14.0. The summed E-state index contributed by atoms with van der Waals surface area (Å²) >= 11 is 3.33. The molecular weight excluding hydrogens is 356 g/mol. The average Bonchev–Trinajstić information content (AvgIpc) is 2.43. The van der Waals surface area contributed by atoms with Crippen molar-refractivity contribution in [3.63, 3.8) is 0 Å². The van der Waals surface area contributed by atoms with Crippen molar-refractivity contribution in [2.24, 2.45) is 0 Å². The molecule has 0 aliphatic heterocycles. The molecule has 0 atom stereocenters. The van der Waals surface area contributed by atoms with E-state index in [4.69, 9.17) is 0 Å². The number of halogens is 1. The van der Waals surface area contributed by atoms with Gasteiger partial charge >= 0.3 is 0 Å². The van der Waals surface area contributed by atoms with E-state index in [1.807, 2.05) is 13.8 Å². The fourth-order valence-corrected chi connectivity index (χ4v) is 3.05. The summed E-state index contributed by atoms with van der Waals surface area (Å²) in [4.78, 5) is 8.19. The van der Waals surface area contributed by atoms with Crippen molar-refractivity contribution < 1.29 is 8.42 Å². The Labute approximate surface area is 132 Å². The lowest BCUT2D eigenvalue weighted by Crippen LogP contribution is -2.17. The maximum Gasteiger partial charge on any atom is 0.266 e. The van der Waals surface area contributed by atoms with Crippen molar-refractivity contribution in [2.75, 3.05) is 16.6 Å². The maximum absolute atomic E-state index is 12.5. The topological polar surface area (TPSA) is 84.0 Å². The van der Waals surface area contributed by atoms with Gasteiger partial charge in [-0.1, -0.05) is 0 Å². The van der Waals surface area contributed by atoms with Crippen molar-refractivity contribution in [3.05, 3.63) is 40.6 Å². The lowest BCUT2D eigenvalue weighted by molar-refractivity contribution is 0.601. The highest BCUT2D eigenvalue weighted by Gasteiger charge is 2.20. The normalized spacial score (nSPS) is 11.2. The summed E-state index contributed by atoms with van der Waals surface area (Å²) in [6.45, 7) is 4.31. The van der Waals surface area contributed by atoms with Crippen LogP contribution in [0.4, 0.5) is 11.6 Å². The Kier molecular flexibility index (Phi) is 4.79. The lowest BCUT2D eigenvalue weighted by Gasteiger charge is -2.12. The second-order valence-electron chi connectivity index (χ2n) is 4.30. The number of sulfonamides is 1. The van der Waals surface area contributed by atoms with Gasteiger partial charge in [-0.05, 0) is 53.5 Å². The van der Waals surface area contributed by atoms with E-state index in [0.29, 0.717) is 12.4 Å². The number of aryl methyl sites for hydroxylation is 1. The van der Waals surface area contributed by atoms with Crippen molar-refractivity contribution >= 4 is 37.6 Å². The molecule has 0 amide bonds. The van der Waals surface area contributed by atoms with Crippen LogP contribution in [0.1, 0.15) is 12.5 Å². The van der Waals surface area contributed by atoms with Crippen molar-refractivity contribution in [1.82, 2.24) is 9.97 Å². The van der Waals surface area contributed by atoms with Crippen LogP contribution in [0.15, 0.2) is 40.0 Å². The van der Waals surface area contributed by atoms with Crippen LogP contribution >= 0.6 is 15.9 Å². The molecule has 0 aliphatic rings. The smallest absolute Gasteiger partial charge is 0.266 e. The van der Waals surface area contributed by atoms with Crippen LogP contribution in [-0.2, 0) is 10.0 Å². The standard InChI is InChI=1S/C13H15BrN4O2S/c1-3-15-13-11(5-4-6-16-13)21(19,20)18-12-7-9(2)10(14)8-17-12/h4-8H,3H2,1-2H3,(H,15,16)(H,17,18). The molecular formula is C13H15BrN4O2S. The number of anilines is 2. The zero-order valence-electron chi connectivity index (χ0n) is 11.6. The number of pyridine rings is 2. The summed E-state index contributed by atoms with van der Waals surface area (Å²) in [5, 5.41) is 2.93. The van der Waals surface area contributed by atoms with Crippen LogP contribution < -0.4 is 10.0 Å². The fourth-order valence-electron chi connectivity index (χ4n) is 1.70. The number of hydrogen-bond acceptors (Lipinski definition) is 5. The van der Waals surface area contributed by atoms with E-state index in [1.54, 1.807) is 24.5 Å². The zero-order chi connectivity index (χ0) is 15.5. The molecule has 0 saturated carbocycles. The Hall–Kier alpha value is -1.67. The average molecular weight is 371 g/mol. The van der Waals surface area contributed by atoms with Gasteiger partial charge in [0.1, 0.15) is 16.5 Å². The summed E-state index contributed by atoms with van der Waals surface area (Å²) in [6, 6.07) is 4.74. The van der Waals surface area contributed by atoms with E-state index in [9.17, 15) is 8.42 Å². The molecule has 6 nitrogen and oxygen atoms in total. The first kappa shape index (κ1) is 15.7. The Morgan fingerprint density at radius 2 is 2.10 bits per heavy atom. The third-order valence-electron chi connectivity index (χ3n) is 2.69. The Morgan fingerprint density at radius 1 is 1.33 bits per heavy atom. The lowest BCUT2D eigenvalue weighted by atomic mass is 10.3. The monoisotopic (exact) mass is 370 g/mol. The molecule has 0 saturated heterocycles. The third kappa shape index (κ3) is 3.70. The minimum atomic E-state index is -3.75. The molecule has 2 N–H and O–H groups in total. The van der Waals surface area contributed by atoms with Gasteiger partial charge < -0.3 is 5.32 Å². The highest BCUT2D eigenvalue weighted by molar-refractivity contribution is 9.10. The van der Waals surface area contributed by atoms with E-state index < -0.39 is 10.0 Å². The van der Waals surface area contributed by atoms with Gasteiger partial charge in [-0.15, -0.1) is 0 Å². The molecule has 2 aromatic heterocycles. The molecule has 0 unspecified atom stereocenters. The summed E-state index contributed by atoms with van der Waals surface area (Å²) in [7, 11) is -3.75. The van der Waals surface area contributed by atoms with Gasteiger partial charge in [0.05, 0.1) is 0 Å². The quantitative estimate of drug-likeness (QED) is 0.845. The van der Waals surface area contributed by atoms with E-state index in [1.165, 1.54) is 6.07 Å². The maximum atomic E-state index is 12.5. The number of aromatic nitrogens is 2. The molecule has 2 rings (SSSR count). The van der Waals surface area contributed by atoms with Gasteiger partial charge in [-0.25, -0.2) is 18.4 Å². The Bertz CT molecular complexity index is 750. The summed E-state index contributed by atoms with van der Waals surface area (Å²) in [5.41, 5.74) is 0.890. The van der Waals surface area contributed by atoms with Crippen LogP contribution in [0.3, 0.4) is 0 Å². The highest BCUT2D eigenvalue weighted by Crippen LogP contribution is 2.22. The van der Waals surface area contributed by atoms with Crippen LogP contribution in [0.2, 0.25) is 0 Å². The highest BCUT2D eigenvalue weighted by atomic mass is 79.9. The molecule has 112 valence electrons. The van der Waals surface area contributed by atoms with Gasteiger partial charge in [-0.2, -0.15) is 0 Å². The van der Waals surface area contributed by atoms with Crippen LogP contribution in [0.5, 0.6) is 0 Å². The molecule has 0 radical (unpaired) electrons. The molecule has 0 spiro atoms. The first-order chi connectivity index (χ1) is 9.94. The second kappa shape index (κ2) is 6.40. The number of rotatable bonds is 5. The van der Waals surface area contributed by atoms with Crippen LogP contribution in [-0.4, -0.2) is 24.9 Å². The van der Waals surface area contributed by atoms with Crippen LogP contribution in [0, 0.1) is 6.92 Å². The Morgan fingerprint density at radius 3 is 2.76 bits per heavy atom. The molecule has 8 heteroatoms. The third-order valence-corrected chi connectivity index (χ3v) is 4.91. The van der Waals surface area contributed by atoms with E-state index in [0.717, 1.165) is 10.0 Å². The van der Waals surface area contributed by atoms with E-state index in [-0.39, 0.29) is 10.7 Å². The second-order valence-corrected chi connectivity index (χ2v) is 6.81. The SMILES string of the molecule is CCNc1ncccc1S(=O)(=O)Nc1cc(C)c(Br)cn1. The molecule has 0 fully saturated rings. The van der Waals surface area contributed by atoms with Gasteiger partial charge in [0, 0.05) is 23.4 Å². The molecule has 0 bridgehead atoms. The van der Waals surface area contributed by atoms with E-state index in [2.05, 4.69) is 35.9 Å². The first-order valence-electron chi connectivity index (χ1n) is 6.28. The molecule has 0 aromatic carbocycles. The van der Waals surface area contributed by atoms with Crippen molar-refractivity contribution in [3.8, 4) is 0 Å². The molecule has 2 aromatic rings. The number of nitrogens with one attached hydrogen (secondary N) is 2. The molecule has 0 aliphatic carbocycles. The van der Waals surface area contributed by atoms with Gasteiger partial charge in [0.15, 0.2) is 0 Å². The molecule has 21 heavy (non-hydrogen) atoms. The minimum absolute atomic E-state index is 0.0919. The molecule has 2 heterocycles. The minimum Gasteiger partial charge on any atom is -0.369 e. The van der Waals surface area contributed by atoms with Crippen LogP contribution in [0.25, 0.3) is 0 Å². The number of hydrogen-bond donors (Lipinski definition) is 2. The summed E-state index contributed by atoms with van der Waals surface area (Å²) in [6.07, 6.45) is 3.10. The Balaban J connectivity index is 2.36. The largest absolute Gasteiger partial charge is 0.369 e. The predicted octanol–water partition coefficient (Wildman–Crippen LogP) is 2.78. The van der Waals surface area contributed by atoms with E-state index >= 15 is 0 Å². The van der Waals surface area contributed by atoms with Gasteiger partial charge in [-0.3, -0.25) is 4.72 Å². The summed E-state index contributed by atoms with van der Waals surface area (Å²) in [5.74, 6) is 0.586. The predicted molar refractivity (Wildman–Crippen MR) is 85.9 cm³/mol. The van der Waals surface area contributed by atoms with Crippen molar-refractivity contribution in [1.29, 1.82) is 0 Å².